The zero-order valence-corrected chi connectivity index (χ0v) is 16.6. The third-order valence-electron chi connectivity index (χ3n) is 6.13. The molecule has 5 heteroatoms. The molecule has 144 valence electrons. The summed E-state index contributed by atoms with van der Waals surface area (Å²) in [6, 6.07) is 8.73. The predicted octanol–water partition coefficient (Wildman–Crippen LogP) is 4.40. The van der Waals surface area contributed by atoms with Gasteiger partial charge in [-0.15, -0.1) is 0 Å². The first-order valence-electron chi connectivity index (χ1n) is 10.3. The molecule has 2 fully saturated rings. The van der Waals surface area contributed by atoms with E-state index in [1.807, 2.05) is 19.3 Å². The number of aromatic nitrogens is 3. The lowest BCUT2D eigenvalue weighted by Crippen LogP contribution is -2.30. The van der Waals surface area contributed by atoms with Crippen molar-refractivity contribution in [3.8, 4) is 11.3 Å². The maximum Gasteiger partial charge on any atom is 0.130 e. The Morgan fingerprint density at radius 1 is 1.07 bits per heavy atom. The Hall–Kier alpha value is -2.66. The second-order valence-corrected chi connectivity index (χ2v) is 8.05. The Bertz CT molecular complexity index is 1050. The van der Waals surface area contributed by atoms with Crippen LogP contribution in [0.2, 0.25) is 0 Å². The van der Waals surface area contributed by atoms with Gasteiger partial charge >= 0.3 is 0 Å². The highest BCUT2D eigenvalue weighted by molar-refractivity contribution is 5.88. The lowest BCUT2D eigenvalue weighted by molar-refractivity contribution is 0.420. The van der Waals surface area contributed by atoms with Crippen LogP contribution in [0.25, 0.3) is 22.0 Å². The minimum Gasteiger partial charge on any atom is -0.344 e. The van der Waals surface area contributed by atoms with Gasteiger partial charge in [0.25, 0.3) is 0 Å². The number of nitrogens with zero attached hydrogens (tertiary/aromatic N) is 3. The summed E-state index contributed by atoms with van der Waals surface area (Å²) >= 11 is 0. The fraction of sp³-hybridized carbons (Fsp3) is 0.391. The highest BCUT2D eigenvalue weighted by Crippen LogP contribution is 2.38. The number of benzene rings is 1. The lowest BCUT2D eigenvalue weighted by atomic mass is 9.93. The fourth-order valence-corrected chi connectivity index (χ4v) is 4.20. The molecular weight excluding hydrogens is 346 g/mol. The molecule has 1 aliphatic heterocycles. The van der Waals surface area contributed by atoms with Crippen molar-refractivity contribution in [1.29, 1.82) is 0 Å². The van der Waals surface area contributed by atoms with E-state index in [9.17, 15) is 0 Å². The van der Waals surface area contributed by atoms with Crippen LogP contribution in [0, 0.1) is 12.8 Å². The van der Waals surface area contributed by atoms with Crippen LogP contribution in [-0.4, -0.2) is 27.6 Å². The van der Waals surface area contributed by atoms with Gasteiger partial charge in [0.15, 0.2) is 0 Å². The van der Waals surface area contributed by atoms with Crippen molar-refractivity contribution >= 4 is 16.6 Å². The number of piperidine rings is 1. The van der Waals surface area contributed by atoms with Crippen molar-refractivity contribution in [1.82, 2.24) is 19.9 Å². The quantitative estimate of drug-likeness (QED) is 0.712. The van der Waals surface area contributed by atoms with Crippen LogP contribution in [0.15, 0.2) is 47.9 Å². The summed E-state index contributed by atoms with van der Waals surface area (Å²) < 4.78 is 2.13. The normalized spacial score (nSPS) is 17.1. The Labute approximate surface area is 165 Å². The molecule has 1 saturated carbocycles. The van der Waals surface area contributed by atoms with Crippen LogP contribution in [0.5, 0.6) is 0 Å². The fourth-order valence-electron chi connectivity index (χ4n) is 4.20. The van der Waals surface area contributed by atoms with Crippen molar-refractivity contribution in [2.45, 2.75) is 32.6 Å². The van der Waals surface area contributed by atoms with Gasteiger partial charge in [0.05, 0.1) is 11.9 Å². The summed E-state index contributed by atoms with van der Waals surface area (Å²) in [7, 11) is 2.06. The molecule has 0 amide bonds. The van der Waals surface area contributed by atoms with Crippen molar-refractivity contribution in [3.63, 3.8) is 0 Å². The molecule has 0 spiro atoms. The van der Waals surface area contributed by atoms with Crippen LogP contribution >= 0.6 is 0 Å². The smallest absolute Gasteiger partial charge is 0.130 e. The van der Waals surface area contributed by atoms with Gasteiger partial charge in [-0.25, -0.2) is 9.97 Å². The number of nitrogens with one attached hydrogen (secondary N) is 2. The second-order valence-electron chi connectivity index (χ2n) is 8.05. The summed E-state index contributed by atoms with van der Waals surface area (Å²) in [4.78, 5) is 9.13. The number of pyridine rings is 1. The number of anilines is 1. The van der Waals surface area contributed by atoms with Crippen molar-refractivity contribution < 1.29 is 0 Å². The molecule has 5 nitrogen and oxygen atoms in total. The summed E-state index contributed by atoms with van der Waals surface area (Å²) in [5, 5.41) is 9.54. The zero-order valence-electron chi connectivity index (χ0n) is 16.6. The SMILES string of the molecule is Cc1ncc(-c2ccc3cnc(NC(=C4CC4)C4CCNCC4)cc3c2)n1C. The van der Waals surface area contributed by atoms with Gasteiger partial charge < -0.3 is 15.2 Å². The highest BCUT2D eigenvalue weighted by Gasteiger charge is 2.26. The lowest BCUT2D eigenvalue weighted by Gasteiger charge is -2.26. The van der Waals surface area contributed by atoms with Crippen LogP contribution in [0.1, 0.15) is 31.5 Å². The molecule has 3 heterocycles. The molecule has 1 aliphatic carbocycles. The first kappa shape index (κ1) is 17.4. The standard InChI is InChI=1S/C23H27N5/c1-15-25-14-21(28(15)2)18-5-6-19-13-26-22(12-20(19)11-18)27-23(16-3-4-16)17-7-9-24-10-8-17/h5-6,11-14,17,24H,3-4,7-10H2,1-2H3,(H,26,27). The maximum atomic E-state index is 4.70. The summed E-state index contributed by atoms with van der Waals surface area (Å²) in [6.45, 7) is 4.26. The first-order chi connectivity index (χ1) is 13.7. The summed E-state index contributed by atoms with van der Waals surface area (Å²) in [5.74, 6) is 2.62. The molecular formula is C23H27N5. The number of aryl methyl sites for hydroxylation is 1. The average molecular weight is 374 g/mol. The van der Waals surface area contributed by atoms with E-state index >= 15 is 0 Å². The van der Waals surface area contributed by atoms with Crippen LogP contribution in [0.4, 0.5) is 5.82 Å². The Morgan fingerprint density at radius 3 is 2.61 bits per heavy atom. The summed E-state index contributed by atoms with van der Waals surface area (Å²) in [5.41, 5.74) is 5.35. The van der Waals surface area contributed by atoms with Gasteiger partial charge in [0.1, 0.15) is 11.6 Å². The van der Waals surface area contributed by atoms with Gasteiger partial charge in [-0.1, -0.05) is 12.1 Å². The van der Waals surface area contributed by atoms with Crippen molar-refractivity contribution in [2.24, 2.45) is 13.0 Å². The molecule has 0 radical (unpaired) electrons. The predicted molar refractivity (Wildman–Crippen MR) is 114 cm³/mol. The van der Waals surface area contributed by atoms with E-state index in [1.54, 1.807) is 5.57 Å². The molecule has 1 aromatic carbocycles. The molecule has 0 bridgehead atoms. The van der Waals surface area contributed by atoms with Crippen molar-refractivity contribution in [3.05, 3.63) is 53.8 Å². The molecule has 3 aromatic rings. The highest BCUT2D eigenvalue weighted by atomic mass is 15.1. The minimum atomic E-state index is 0.639. The number of rotatable bonds is 4. The van der Waals surface area contributed by atoms with Gasteiger partial charge in [-0.3, -0.25) is 0 Å². The van der Waals surface area contributed by atoms with Gasteiger partial charge in [-0.2, -0.15) is 0 Å². The molecule has 2 aliphatic rings. The van der Waals surface area contributed by atoms with Crippen LogP contribution in [0.3, 0.4) is 0 Å². The molecule has 0 atom stereocenters. The second kappa shape index (κ2) is 7.06. The van der Waals surface area contributed by atoms with Gasteiger partial charge in [0.2, 0.25) is 0 Å². The van der Waals surface area contributed by atoms with E-state index in [1.165, 1.54) is 42.3 Å². The third kappa shape index (κ3) is 3.31. The first-order valence-corrected chi connectivity index (χ1v) is 10.3. The minimum absolute atomic E-state index is 0.639. The summed E-state index contributed by atoms with van der Waals surface area (Å²) in [6.07, 6.45) is 8.83. The topological polar surface area (TPSA) is 54.8 Å². The monoisotopic (exact) mass is 373 g/mol. The number of hydrogen-bond donors (Lipinski definition) is 2. The van der Waals surface area contributed by atoms with E-state index in [0.29, 0.717) is 5.92 Å². The number of fused-ring (bicyclic) bond motifs is 1. The molecule has 5 rings (SSSR count). The van der Waals surface area contributed by atoms with Crippen molar-refractivity contribution in [2.75, 3.05) is 18.4 Å². The van der Waals surface area contributed by atoms with E-state index < -0.39 is 0 Å². The third-order valence-corrected chi connectivity index (χ3v) is 6.13. The average Bonchev–Trinajstić information content (AvgIpc) is 3.52. The molecule has 0 unspecified atom stereocenters. The van der Waals surface area contributed by atoms with E-state index in [4.69, 9.17) is 4.98 Å². The number of allylic oxidation sites excluding steroid dienone is 2. The Kier molecular flexibility index (Phi) is 4.40. The number of imidazole rings is 1. The Morgan fingerprint density at radius 2 is 1.89 bits per heavy atom. The van der Waals surface area contributed by atoms with Gasteiger partial charge in [0, 0.05) is 35.8 Å². The molecule has 28 heavy (non-hydrogen) atoms. The van der Waals surface area contributed by atoms with Crippen LogP contribution < -0.4 is 10.6 Å². The molecule has 2 N–H and O–H groups in total. The molecule has 1 saturated heterocycles. The van der Waals surface area contributed by atoms with E-state index in [2.05, 4.69) is 51.5 Å². The zero-order chi connectivity index (χ0) is 19.1. The number of hydrogen-bond acceptors (Lipinski definition) is 4. The molecule has 2 aromatic heterocycles. The van der Waals surface area contributed by atoms with Gasteiger partial charge in [-0.05, 0) is 68.8 Å². The largest absolute Gasteiger partial charge is 0.344 e. The van der Waals surface area contributed by atoms with E-state index in [-0.39, 0.29) is 0 Å². The maximum absolute atomic E-state index is 4.70. The Balaban J connectivity index is 1.47. The van der Waals surface area contributed by atoms with E-state index in [0.717, 1.165) is 35.8 Å². The van der Waals surface area contributed by atoms with Crippen LogP contribution in [-0.2, 0) is 7.05 Å².